The average Bonchev–Trinajstić information content (AvgIpc) is 2.47. The van der Waals surface area contributed by atoms with Gasteiger partial charge in [0, 0.05) is 29.8 Å². The normalized spacial score (nSPS) is 11.1. The molecule has 0 spiro atoms. The fourth-order valence-corrected chi connectivity index (χ4v) is 2.83. The fraction of sp³-hybridized carbons (Fsp3) is 0.625. The van der Waals surface area contributed by atoms with E-state index < -0.39 is 0 Å². The quantitative estimate of drug-likeness (QED) is 0.746. The summed E-state index contributed by atoms with van der Waals surface area (Å²) in [6, 6.07) is 6.37. The first-order valence-corrected chi connectivity index (χ1v) is 8.41. The summed E-state index contributed by atoms with van der Waals surface area (Å²) in [7, 11) is 0. The summed E-state index contributed by atoms with van der Waals surface area (Å²) in [5.74, 6) is 0. The van der Waals surface area contributed by atoms with E-state index in [2.05, 4.69) is 64.7 Å². The number of nitrogens with two attached hydrogens (primary N) is 1. The van der Waals surface area contributed by atoms with E-state index in [4.69, 9.17) is 5.73 Å². The van der Waals surface area contributed by atoms with E-state index in [0.29, 0.717) is 6.54 Å². The van der Waals surface area contributed by atoms with Crippen molar-refractivity contribution in [3.05, 3.63) is 28.2 Å². The maximum absolute atomic E-state index is 5.86. The molecule has 0 atom stereocenters. The van der Waals surface area contributed by atoms with Crippen LogP contribution < -0.4 is 10.6 Å². The first kappa shape index (κ1) is 17.5. The summed E-state index contributed by atoms with van der Waals surface area (Å²) >= 11 is 3.56. The largest absolute Gasteiger partial charge is 0.371 e. The van der Waals surface area contributed by atoms with Gasteiger partial charge in [0.15, 0.2) is 0 Å². The first-order chi connectivity index (χ1) is 9.65. The van der Waals surface area contributed by atoms with Gasteiger partial charge in [0.25, 0.3) is 0 Å². The van der Waals surface area contributed by atoms with Crippen LogP contribution in [0.1, 0.15) is 32.8 Å². The van der Waals surface area contributed by atoms with Gasteiger partial charge in [-0.2, -0.15) is 0 Å². The first-order valence-electron chi connectivity index (χ1n) is 7.61. The Morgan fingerprint density at radius 3 is 2.30 bits per heavy atom. The van der Waals surface area contributed by atoms with Crippen molar-refractivity contribution >= 4 is 21.6 Å². The molecule has 0 saturated carbocycles. The predicted molar refractivity (Wildman–Crippen MR) is 92.3 cm³/mol. The summed E-state index contributed by atoms with van der Waals surface area (Å²) < 4.78 is 1.12. The highest BCUT2D eigenvalue weighted by Crippen LogP contribution is 2.25. The zero-order chi connectivity index (χ0) is 15.0. The molecule has 1 aromatic rings. The van der Waals surface area contributed by atoms with Crippen LogP contribution in [-0.2, 0) is 6.54 Å². The zero-order valence-electron chi connectivity index (χ0n) is 13.0. The monoisotopic (exact) mass is 341 g/mol. The summed E-state index contributed by atoms with van der Waals surface area (Å²) in [6.07, 6.45) is 1.19. The Hall–Kier alpha value is -0.580. The smallest absolute Gasteiger partial charge is 0.0422 e. The molecule has 0 radical (unpaired) electrons. The van der Waals surface area contributed by atoms with E-state index in [1.54, 1.807) is 0 Å². The Labute approximate surface area is 132 Å². The fourth-order valence-electron chi connectivity index (χ4n) is 2.48. The Morgan fingerprint density at radius 1 is 1.05 bits per heavy atom. The van der Waals surface area contributed by atoms with Crippen LogP contribution in [0, 0.1) is 0 Å². The van der Waals surface area contributed by atoms with Crippen molar-refractivity contribution in [1.29, 1.82) is 0 Å². The molecule has 0 saturated heterocycles. The molecule has 0 heterocycles. The number of halogens is 1. The van der Waals surface area contributed by atoms with Crippen molar-refractivity contribution in [2.24, 2.45) is 5.73 Å². The van der Waals surface area contributed by atoms with Gasteiger partial charge in [-0.3, -0.25) is 0 Å². The average molecular weight is 342 g/mol. The topological polar surface area (TPSA) is 32.5 Å². The molecule has 4 heteroatoms. The standard InChI is InChI=1S/C16H28BrN3/c1-4-19(5-2)10-7-11-20(6-3)16-12-15(17)9-8-14(16)13-18/h8-9,12H,4-7,10-11,13,18H2,1-3H3. The highest BCUT2D eigenvalue weighted by molar-refractivity contribution is 9.10. The summed E-state index contributed by atoms with van der Waals surface area (Å²) in [5, 5.41) is 0. The molecule has 1 aromatic carbocycles. The second-order valence-electron chi connectivity index (χ2n) is 4.94. The molecule has 0 bridgehead atoms. The van der Waals surface area contributed by atoms with Crippen LogP contribution in [-0.4, -0.2) is 37.6 Å². The lowest BCUT2D eigenvalue weighted by molar-refractivity contribution is 0.300. The Bertz CT molecular complexity index is 391. The minimum Gasteiger partial charge on any atom is -0.371 e. The van der Waals surface area contributed by atoms with Crippen LogP contribution in [0.25, 0.3) is 0 Å². The maximum Gasteiger partial charge on any atom is 0.0422 e. The van der Waals surface area contributed by atoms with Crippen molar-refractivity contribution in [2.75, 3.05) is 37.6 Å². The molecule has 0 fully saturated rings. The minimum absolute atomic E-state index is 0.592. The second-order valence-corrected chi connectivity index (χ2v) is 5.85. The van der Waals surface area contributed by atoms with Crippen molar-refractivity contribution in [1.82, 2.24) is 4.90 Å². The lowest BCUT2D eigenvalue weighted by atomic mass is 10.1. The Morgan fingerprint density at radius 2 is 1.75 bits per heavy atom. The number of nitrogens with zero attached hydrogens (tertiary/aromatic N) is 2. The zero-order valence-corrected chi connectivity index (χ0v) is 14.6. The predicted octanol–water partition coefficient (Wildman–Crippen LogP) is 3.47. The third-order valence-electron chi connectivity index (χ3n) is 3.79. The Kier molecular flexibility index (Phi) is 8.19. The minimum atomic E-state index is 0.592. The third kappa shape index (κ3) is 5.08. The van der Waals surface area contributed by atoms with E-state index >= 15 is 0 Å². The van der Waals surface area contributed by atoms with Gasteiger partial charge in [-0.15, -0.1) is 0 Å². The SMILES string of the molecule is CCN(CC)CCCN(CC)c1cc(Br)ccc1CN. The number of benzene rings is 1. The van der Waals surface area contributed by atoms with Crippen LogP contribution in [0.15, 0.2) is 22.7 Å². The maximum atomic E-state index is 5.86. The van der Waals surface area contributed by atoms with E-state index in [0.717, 1.165) is 37.2 Å². The van der Waals surface area contributed by atoms with Gasteiger partial charge in [-0.25, -0.2) is 0 Å². The van der Waals surface area contributed by atoms with Gasteiger partial charge in [0.1, 0.15) is 0 Å². The lowest BCUT2D eigenvalue weighted by Crippen LogP contribution is -2.30. The molecule has 1 rings (SSSR count). The molecule has 0 aliphatic carbocycles. The van der Waals surface area contributed by atoms with Crippen LogP contribution in [0.5, 0.6) is 0 Å². The molecule has 0 aliphatic rings. The lowest BCUT2D eigenvalue weighted by Gasteiger charge is -2.27. The van der Waals surface area contributed by atoms with Crippen molar-refractivity contribution in [2.45, 2.75) is 33.7 Å². The summed E-state index contributed by atoms with van der Waals surface area (Å²) in [4.78, 5) is 4.90. The Balaban J connectivity index is 2.68. The number of hydrogen-bond donors (Lipinski definition) is 1. The van der Waals surface area contributed by atoms with Gasteiger partial charge in [0.2, 0.25) is 0 Å². The number of rotatable bonds is 9. The molecular weight excluding hydrogens is 314 g/mol. The van der Waals surface area contributed by atoms with Crippen LogP contribution in [0.2, 0.25) is 0 Å². The van der Waals surface area contributed by atoms with Gasteiger partial charge in [-0.1, -0.05) is 35.8 Å². The second kappa shape index (κ2) is 9.37. The van der Waals surface area contributed by atoms with Crippen molar-refractivity contribution in [3.63, 3.8) is 0 Å². The molecule has 0 amide bonds. The molecule has 2 N–H and O–H groups in total. The molecule has 3 nitrogen and oxygen atoms in total. The van der Waals surface area contributed by atoms with E-state index in [-0.39, 0.29) is 0 Å². The van der Waals surface area contributed by atoms with Crippen LogP contribution >= 0.6 is 15.9 Å². The highest BCUT2D eigenvalue weighted by Gasteiger charge is 2.10. The van der Waals surface area contributed by atoms with Gasteiger partial charge in [-0.05, 0) is 50.7 Å². The summed E-state index contributed by atoms with van der Waals surface area (Å²) in [6.45, 7) is 12.8. The van der Waals surface area contributed by atoms with E-state index in [1.165, 1.54) is 17.7 Å². The van der Waals surface area contributed by atoms with Crippen molar-refractivity contribution in [3.8, 4) is 0 Å². The van der Waals surface area contributed by atoms with Gasteiger partial charge >= 0.3 is 0 Å². The molecule has 114 valence electrons. The molecule has 0 aliphatic heterocycles. The highest BCUT2D eigenvalue weighted by atomic mass is 79.9. The van der Waals surface area contributed by atoms with E-state index in [9.17, 15) is 0 Å². The van der Waals surface area contributed by atoms with Crippen molar-refractivity contribution < 1.29 is 0 Å². The number of hydrogen-bond acceptors (Lipinski definition) is 3. The third-order valence-corrected chi connectivity index (χ3v) is 4.28. The van der Waals surface area contributed by atoms with Crippen LogP contribution in [0.3, 0.4) is 0 Å². The molecule has 0 unspecified atom stereocenters. The number of anilines is 1. The van der Waals surface area contributed by atoms with Gasteiger partial charge < -0.3 is 15.5 Å². The molecule has 0 aromatic heterocycles. The van der Waals surface area contributed by atoms with Crippen LogP contribution in [0.4, 0.5) is 5.69 Å². The van der Waals surface area contributed by atoms with E-state index in [1.807, 2.05) is 0 Å². The molecular formula is C16H28BrN3. The summed E-state index contributed by atoms with van der Waals surface area (Å²) in [5.41, 5.74) is 8.35. The van der Waals surface area contributed by atoms with Gasteiger partial charge in [0.05, 0.1) is 0 Å². The molecule has 20 heavy (non-hydrogen) atoms.